The van der Waals surface area contributed by atoms with Crippen LogP contribution in [-0.4, -0.2) is 52.5 Å². The topological polar surface area (TPSA) is 78.8 Å². The molecule has 0 aromatic heterocycles. The van der Waals surface area contributed by atoms with E-state index in [1.165, 1.54) is 5.57 Å². The number of rotatable bonds is 0. The highest BCUT2D eigenvalue weighted by Gasteiger charge is 2.66. The number of aliphatic hydroxyl groups is 2. The Morgan fingerprint density at radius 3 is 2.66 bits per heavy atom. The van der Waals surface area contributed by atoms with Gasteiger partial charge in [-0.15, -0.1) is 0 Å². The molecule has 0 amide bonds. The first-order chi connectivity index (χ1) is 15.2. The van der Waals surface area contributed by atoms with Crippen molar-refractivity contribution >= 4 is 5.78 Å². The van der Waals surface area contributed by atoms with Crippen molar-refractivity contribution < 1.29 is 19.7 Å². The molecule has 3 saturated carbocycles. The fourth-order valence-electron chi connectivity index (χ4n) is 9.55. The van der Waals surface area contributed by atoms with Crippen LogP contribution in [0.25, 0.3) is 0 Å². The van der Waals surface area contributed by atoms with E-state index in [0.29, 0.717) is 41.9 Å². The van der Waals surface area contributed by atoms with E-state index in [1.54, 1.807) is 0 Å². The number of hydrogen-bond acceptors (Lipinski definition) is 5. The van der Waals surface area contributed by atoms with Gasteiger partial charge in [-0.1, -0.05) is 20.8 Å². The maximum absolute atomic E-state index is 14.2. The van der Waals surface area contributed by atoms with Crippen LogP contribution >= 0.6 is 0 Å². The molecule has 2 aliphatic heterocycles. The van der Waals surface area contributed by atoms with Crippen LogP contribution in [0.5, 0.6) is 0 Å². The van der Waals surface area contributed by atoms with Crippen molar-refractivity contribution in [2.75, 3.05) is 6.54 Å². The highest BCUT2D eigenvalue weighted by atomic mass is 16.5. The van der Waals surface area contributed by atoms with Crippen LogP contribution in [0.2, 0.25) is 0 Å². The van der Waals surface area contributed by atoms with Gasteiger partial charge >= 0.3 is 0 Å². The largest absolute Gasteiger partial charge is 0.393 e. The van der Waals surface area contributed by atoms with Crippen molar-refractivity contribution in [2.24, 2.45) is 40.9 Å². The van der Waals surface area contributed by atoms with E-state index in [0.717, 1.165) is 50.6 Å². The van der Waals surface area contributed by atoms with Gasteiger partial charge in [0, 0.05) is 28.9 Å². The van der Waals surface area contributed by atoms with E-state index in [1.807, 2.05) is 0 Å². The molecular weight excluding hydrogens is 402 g/mol. The molecule has 3 N–H and O–H groups in total. The van der Waals surface area contributed by atoms with Gasteiger partial charge in [0.15, 0.2) is 5.78 Å². The molecule has 5 nitrogen and oxygen atoms in total. The second kappa shape index (κ2) is 7.13. The normalized spacial score (nSPS) is 57.2. The van der Waals surface area contributed by atoms with Gasteiger partial charge in [-0.2, -0.15) is 0 Å². The standard InChI is InChI=1S/C27H41NO4/c1-13-9-20-24(28-12-13)15(3)27(32-20)8-7-18-19-6-5-16-10-17(29)11-21(30)26(16,4)23(19)25(31)22(18)14(27)2/h13,15-21,23-24,28-30H,5-12H2,1-4H3/t13-,15+,16+,17+,18-,19-,20+,21+,23+,24-,26+,27-/m0/s1. The predicted molar refractivity (Wildman–Crippen MR) is 122 cm³/mol. The summed E-state index contributed by atoms with van der Waals surface area (Å²) in [4.78, 5) is 14.2. The van der Waals surface area contributed by atoms with Crippen molar-refractivity contribution in [3.63, 3.8) is 0 Å². The zero-order chi connectivity index (χ0) is 22.6. The zero-order valence-corrected chi connectivity index (χ0v) is 20.1. The lowest BCUT2D eigenvalue weighted by Crippen LogP contribution is -2.56. The van der Waals surface area contributed by atoms with E-state index >= 15 is 0 Å². The number of fused-ring (bicyclic) bond motifs is 6. The molecule has 4 aliphatic carbocycles. The Labute approximate surface area is 192 Å². The molecule has 0 unspecified atom stereocenters. The van der Waals surface area contributed by atoms with E-state index in [2.05, 4.69) is 33.0 Å². The summed E-state index contributed by atoms with van der Waals surface area (Å²) in [5, 5.41) is 25.2. The van der Waals surface area contributed by atoms with E-state index < -0.39 is 17.6 Å². The number of aliphatic hydroxyl groups excluding tert-OH is 2. The molecule has 6 rings (SSSR count). The molecule has 0 radical (unpaired) electrons. The summed E-state index contributed by atoms with van der Waals surface area (Å²) in [7, 11) is 0. The molecule has 0 aromatic carbocycles. The Bertz CT molecular complexity index is 855. The van der Waals surface area contributed by atoms with E-state index in [4.69, 9.17) is 4.74 Å². The van der Waals surface area contributed by atoms with Crippen LogP contribution in [-0.2, 0) is 9.53 Å². The van der Waals surface area contributed by atoms with Gasteiger partial charge in [0.2, 0.25) is 0 Å². The minimum atomic E-state index is -0.599. The number of piperidine rings is 1. The molecular formula is C27H41NO4. The Hall–Kier alpha value is -0.750. The van der Waals surface area contributed by atoms with Crippen molar-refractivity contribution in [2.45, 2.75) is 103 Å². The third kappa shape index (κ3) is 2.63. The summed E-state index contributed by atoms with van der Waals surface area (Å²) in [6, 6.07) is 0.376. The zero-order valence-electron chi connectivity index (χ0n) is 20.1. The lowest BCUT2D eigenvalue weighted by Gasteiger charge is -2.55. The van der Waals surface area contributed by atoms with Crippen molar-refractivity contribution in [3.8, 4) is 0 Å². The molecule has 32 heavy (non-hydrogen) atoms. The molecule has 5 fully saturated rings. The second-order valence-electron chi connectivity index (χ2n) is 12.6. The maximum Gasteiger partial charge on any atom is 0.163 e. The average Bonchev–Trinajstić information content (AvgIpc) is 3.19. The molecule has 2 heterocycles. The number of hydrogen-bond donors (Lipinski definition) is 3. The SMILES string of the molecule is CC1=C2C(=O)[C@H]3[C@@H](CC[C@@H]4C[C@@H](O)C[C@@H](O)[C@@]43C)[C@@H]2CC[C@]12O[C@@H]1C[C@H](C)CN[C@H]1[C@H]2C. The first-order valence-corrected chi connectivity index (χ1v) is 13.2. The summed E-state index contributed by atoms with van der Waals surface area (Å²) in [5.41, 5.74) is 1.53. The highest BCUT2D eigenvalue weighted by molar-refractivity contribution is 6.02. The lowest BCUT2D eigenvalue weighted by molar-refractivity contribution is -0.160. The van der Waals surface area contributed by atoms with Crippen molar-refractivity contribution in [1.29, 1.82) is 0 Å². The van der Waals surface area contributed by atoms with Gasteiger partial charge in [0.05, 0.1) is 23.9 Å². The number of nitrogens with one attached hydrogen (secondary N) is 1. The molecule has 2 saturated heterocycles. The minimum absolute atomic E-state index is 0.106. The Balaban J connectivity index is 1.39. The van der Waals surface area contributed by atoms with Crippen LogP contribution in [0.4, 0.5) is 0 Å². The molecule has 0 bridgehead atoms. The third-order valence-corrected chi connectivity index (χ3v) is 11.3. The maximum atomic E-state index is 14.2. The molecule has 0 aromatic rings. The Morgan fingerprint density at radius 2 is 1.88 bits per heavy atom. The number of allylic oxidation sites excluding steroid dienone is 1. The molecule has 1 spiro atoms. The van der Waals surface area contributed by atoms with Gasteiger partial charge in [0.1, 0.15) is 0 Å². The Kier molecular flexibility index (Phi) is 4.85. The minimum Gasteiger partial charge on any atom is -0.393 e. The smallest absolute Gasteiger partial charge is 0.163 e. The van der Waals surface area contributed by atoms with Gasteiger partial charge in [0.25, 0.3) is 0 Å². The van der Waals surface area contributed by atoms with E-state index in [9.17, 15) is 15.0 Å². The number of ketones is 1. The first-order valence-electron chi connectivity index (χ1n) is 13.2. The number of Topliss-reactive ketones (excluding diaryl/α,β-unsaturated/α-hetero) is 1. The van der Waals surface area contributed by atoms with Crippen LogP contribution in [0.15, 0.2) is 11.1 Å². The highest BCUT2D eigenvalue weighted by Crippen LogP contribution is 2.65. The van der Waals surface area contributed by atoms with Crippen LogP contribution in [0.1, 0.15) is 72.6 Å². The van der Waals surface area contributed by atoms with Crippen LogP contribution in [0.3, 0.4) is 0 Å². The van der Waals surface area contributed by atoms with Gasteiger partial charge in [-0.3, -0.25) is 4.79 Å². The van der Waals surface area contributed by atoms with Crippen molar-refractivity contribution in [3.05, 3.63) is 11.1 Å². The molecule has 6 aliphatic rings. The monoisotopic (exact) mass is 443 g/mol. The summed E-state index contributed by atoms with van der Waals surface area (Å²) in [5.74, 6) is 2.07. The number of carbonyl (C=O) groups excluding carboxylic acids is 1. The lowest BCUT2D eigenvalue weighted by atomic mass is 9.51. The summed E-state index contributed by atoms with van der Waals surface area (Å²) >= 11 is 0. The predicted octanol–water partition coefficient (Wildman–Crippen LogP) is 3.23. The quantitative estimate of drug-likeness (QED) is 0.536. The number of ether oxygens (including phenoxy) is 1. The molecule has 12 atom stereocenters. The average molecular weight is 444 g/mol. The van der Waals surface area contributed by atoms with Gasteiger partial charge < -0.3 is 20.3 Å². The molecule has 178 valence electrons. The number of carbonyl (C=O) groups is 1. The first kappa shape index (κ1) is 21.8. The second-order valence-corrected chi connectivity index (χ2v) is 12.6. The molecule has 5 heteroatoms. The summed E-state index contributed by atoms with van der Waals surface area (Å²) < 4.78 is 6.91. The van der Waals surface area contributed by atoms with Crippen LogP contribution in [0, 0.1) is 40.9 Å². The van der Waals surface area contributed by atoms with E-state index in [-0.39, 0.29) is 23.5 Å². The summed E-state index contributed by atoms with van der Waals surface area (Å²) in [6.07, 6.45) is 5.54. The summed E-state index contributed by atoms with van der Waals surface area (Å²) in [6.45, 7) is 10.0. The van der Waals surface area contributed by atoms with Crippen LogP contribution < -0.4 is 5.32 Å². The van der Waals surface area contributed by atoms with Gasteiger partial charge in [-0.05, 0) is 87.7 Å². The fourth-order valence-corrected chi connectivity index (χ4v) is 9.55. The Morgan fingerprint density at radius 1 is 1.09 bits per heavy atom. The van der Waals surface area contributed by atoms with Gasteiger partial charge in [-0.25, -0.2) is 0 Å². The third-order valence-electron chi connectivity index (χ3n) is 11.3. The van der Waals surface area contributed by atoms with Crippen molar-refractivity contribution in [1.82, 2.24) is 5.32 Å². The fraction of sp³-hybridized carbons (Fsp3) is 0.889.